The average molecular weight is 381 g/mol. The highest BCUT2D eigenvalue weighted by molar-refractivity contribution is 5.52. The second kappa shape index (κ2) is 9.23. The van der Waals surface area contributed by atoms with Gasteiger partial charge in [0.1, 0.15) is 0 Å². The summed E-state index contributed by atoms with van der Waals surface area (Å²) in [7, 11) is 3.34. The number of hydrogen-bond acceptors (Lipinski definition) is 6. The van der Waals surface area contributed by atoms with E-state index in [4.69, 9.17) is 4.74 Å². The summed E-state index contributed by atoms with van der Waals surface area (Å²) in [5, 5.41) is 6.22. The Morgan fingerprint density at radius 3 is 2.50 bits per heavy atom. The summed E-state index contributed by atoms with van der Waals surface area (Å²) >= 11 is 0. The van der Waals surface area contributed by atoms with E-state index >= 15 is 0 Å². The molecule has 2 N–H and O–H groups in total. The van der Waals surface area contributed by atoms with Crippen LogP contribution in [0.2, 0.25) is 0 Å². The molecule has 2 aromatic heterocycles. The van der Waals surface area contributed by atoms with Gasteiger partial charge in [-0.05, 0) is 61.7 Å². The normalized spacial score (nSPS) is 10.7. The highest BCUT2D eigenvalue weighted by Gasteiger charge is 2.12. The fraction of sp³-hybridized carbons (Fsp3) is 0.286. The highest BCUT2D eigenvalue weighted by atomic mass is 19.1. The van der Waals surface area contributed by atoms with Crippen LogP contribution in [0.3, 0.4) is 0 Å². The summed E-state index contributed by atoms with van der Waals surface area (Å²) in [5.41, 5.74) is 4.35. The van der Waals surface area contributed by atoms with Gasteiger partial charge < -0.3 is 15.4 Å². The molecule has 0 amide bonds. The molecule has 0 aliphatic heterocycles. The van der Waals surface area contributed by atoms with E-state index in [2.05, 4.69) is 25.6 Å². The summed E-state index contributed by atoms with van der Waals surface area (Å²) in [6.07, 6.45) is 6.43. The highest BCUT2D eigenvalue weighted by Crippen LogP contribution is 2.24. The molecule has 3 rings (SSSR count). The number of rotatable bonds is 8. The van der Waals surface area contributed by atoms with Gasteiger partial charge in [0.25, 0.3) is 0 Å². The largest absolute Gasteiger partial charge is 0.494 e. The van der Waals surface area contributed by atoms with Crippen LogP contribution in [0.1, 0.15) is 22.4 Å². The van der Waals surface area contributed by atoms with Gasteiger partial charge in [-0.25, -0.2) is 14.4 Å². The van der Waals surface area contributed by atoms with Crippen LogP contribution in [0.15, 0.2) is 42.9 Å². The standard InChI is InChI=1S/C21H24FN5O/c1-14-8-18(6-7-24-14)27-21-25-12-15(13-26-21)4-5-17-9-16(11-23-2)10-19(28-3)20(17)22/h6-10,12-13,23H,4-5,11H2,1-3H3,(H,24,25,26,27). The van der Waals surface area contributed by atoms with Crippen LogP contribution in [0.25, 0.3) is 0 Å². The summed E-state index contributed by atoms with van der Waals surface area (Å²) in [6.45, 7) is 2.58. The maximum Gasteiger partial charge on any atom is 0.227 e. The van der Waals surface area contributed by atoms with Gasteiger partial charge in [-0.2, -0.15) is 0 Å². The maximum absolute atomic E-state index is 14.5. The third-order valence-corrected chi connectivity index (χ3v) is 4.32. The number of hydrogen-bond donors (Lipinski definition) is 2. The van der Waals surface area contributed by atoms with Crippen LogP contribution in [0.4, 0.5) is 16.0 Å². The molecule has 2 heterocycles. The SMILES string of the molecule is CNCc1cc(CCc2cnc(Nc3ccnc(C)c3)nc2)c(F)c(OC)c1. The number of ether oxygens (including phenoxy) is 1. The molecule has 0 radical (unpaired) electrons. The Morgan fingerprint density at radius 2 is 1.82 bits per heavy atom. The van der Waals surface area contributed by atoms with Gasteiger partial charge in [0, 0.05) is 36.5 Å². The summed E-state index contributed by atoms with van der Waals surface area (Å²) in [6, 6.07) is 7.38. The molecule has 0 aliphatic rings. The molecule has 0 aliphatic carbocycles. The summed E-state index contributed by atoms with van der Waals surface area (Å²) in [5.74, 6) is 0.471. The van der Waals surface area contributed by atoms with Crippen molar-refractivity contribution in [1.82, 2.24) is 20.3 Å². The first kappa shape index (κ1) is 19.7. The Balaban J connectivity index is 1.67. The Hall–Kier alpha value is -3.06. The molecule has 0 bridgehead atoms. The predicted molar refractivity (Wildman–Crippen MR) is 107 cm³/mol. The minimum Gasteiger partial charge on any atom is -0.494 e. The van der Waals surface area contributed by atoms with Crippen molar-refractivity contribution < 1.29 is 9.13 Å². The Kier molecular flexibility index (Phi) is 6.49. The summed E-state index contributed by atoms with van der Waals surface area (Å²) < 4.78 is 19.7. The van der Waals surface area contributed by atoms with E-state index in [0.29, 0.717) is 30.9 Å². The first-order chi connectivity index (χ1) is 13.6. The predicted octanol–water partition coefficient (Wildman–Crippen LogP) is 3.58. The van der Waals surface area contributed by atoms with Crippen LogP contribution in [0, 0.1) is 12.7 Å². The Morgan fingerprint density at radius 1 is 1.04 bits per heavy atom. The van der Waals surface area contributed by atoms with Gasteiger partial charge in [-0.15, -0.1) is 0 Å². The van der Waals surface area contributed by atoms with Crippen molar-refractivity contribution in [3.8, 4) is 5.75 Å². The zero-order valence-electron chi connectivity index (χ0n) is 16.3. The quantitative estimate of drug-likeness (QED) is 0.621. The van der Waals surface area contributed by atoms with Crippen molar-refractivity contribution >= 4 is 11.6 Å². The molecule has 0 saturated heterocycles. The van der Waals surface area contributed by atoms with E-state index in [9.17, 15) is 4.39 Å². The number of nitrogens with zero attached hydrogens (tertiary/aromatic N) is 3. The van der Waals surface area contributed by atoms with Crippen molar-refractivity contribution in [1.29, 1.82) is 0 Å². The number of aryl methyl sites for hydroxylation is 3. The lowest BCUT2D eigenvalue weighted by Gasteiger charge is -2.11. The molecule has 3 aromatic rings. The molecule has 0 fully saturated rings. The number of anilines is 2. The first-order valence-electron chi connectivity index (χ1n) is 9.09. The lowest BCUT2D eigenvalue weighted by molar-refractivity contribution is 0.383. The zero-order valence-corrected chi connectivity index (χ0v) is 16.3. The molecule has 0 unspecified atom stereocenters. The van der Waals surface area contributed by atoms with Gasteiger partial charge in [-0.1, -0.05) is 6.07 Å². The molecular formula is C21H24FN5O. The third kappa shape index (κ3) is 5.01. The van der Waals surface area contributed by atoms with Crippen molar-refractivity contribution in [3.63, 3.8) is 0 Å². The fourth-order valence-corrected chi connectivity index (χ4v) is 2.94. The molecule has 7 heteroatoms. The van der Waals surface area contributed by atoms with E-state index in [-0.39, 0.29) is 11.6 Å². The zero-order chi connectivity index (χ0) is 19.9. The number of nitrogens with one attached hydrogen (secondary N) is 2. The summed E-state index contributed by atoms with van der Waals surface area (Å²) in [4.78, 5) is 12.9. The van der Waals surface area contributed by atoms with E-state index in [1.54, 1.807) is 24.7 Å². The number of aromatic nitrogens is 3. The molecule has 0 spiro atoms. The maximum atomic E-state index is 14.5. The van der Waals surface area contributed by atoms with Gasteiger partial charge in [0.05, 0.1) is 7.11 Å². The molecule has 146 valence electrons. The lowest BCUT2D eigenvalue weighted by atomic mass is 10.0. The van der Waals surface area contributed by atoms with Crippen LogP contribution >= 0.6 is 0 Å². The molecular weight excluding hydrogens is 357 g/mol. The van der Waals surface area contributed by atoms with Crippen LogP contribution in [-0.2, 0) is 19.4 Å². The van der Waals surface area contributed by atoms with Crippen molar-refractivity contribution in [3.05, 3.63) is 71.1 Å². The Bertz CT molecular complexity index is 931. The fourth-order valence-electron chi connectivity index (χ4n) is 2.94. The first-order valence-corrected chi connectivity index (χ1v) is 9.09. The second-order valence-electron chi connectivity index (χ2n) is 6.53. The number of halogens is 1. The minimum atomic E-state index is -0.311. The third-order valence-electron chi connectivity index (χ3n) is 4.32. The van der Waals surface area contributed by atoms with Gasteiger partial charge >= 0.3 is 0 Å². The topological polar surface area (TPSA) is 72.0 Å². The number of methoxy groups -OCH3 is 1. The number of pyridine rings is 1. The number of benzene rings is 1. The smallest absolute Gasteiger partial charge is 0.227 e. The Labute approximate surface area is 164 Å². The van der Waals surface area contributed by atoms with Gasteiger partial charge in [0.2, 0.25) is 5.95 Å². The molecule has 28 heavy (non-hydrogen) atoms. The second-order valence-corrected chi connectivity index (χ2v) is 6.53. The average Bonchev–Trinajstić information content (AvgIpc) is 2.69. The van der Waals surface area contributed by atoms with Crippen LogP contribution < -0.4 is 15.4 Å². The molecule has 6 nitrogen and oxygen atoms in total. The molecule has 1 aromatic carbocycles. The molecule has 0 saturated carbocycles. The van der Waals surface area contributed by atoms with E-state index in [1.807, 2.05) is 32.2 Å². The van der Waals surface area contributed by atoms with E-state index in [0.717, 1.165) is 22.5 Å². The van der Waals surface area contributed by atoms with E-state index in [1.165, 1.54) is 7.11 Å². The molecule has 0 atom stereocenters. The van der Waals surface area contributed by atoms with Gasteiger partial charge in [-0.3, -0.25) is 4.98 Å². The van der Waals surface area contributed by atoms with Crippen LogP contribution in [0.5, 0.6) is 5.75 Å². The lowest BCUT2D eigenvalue weighted by Crippen LogP contribution is -2.07. The monoisotopic (exact) mass is 381 g/mol. The van der Waals surface area contributed by atoms with E-state index < -0.39 is 0 Å². The van der Waals surface area contributed by atoms with Crippen LogP contribution in [-0.4, -0.2) is 29.1 Å². The van der Waals surface area contributed by atoms with Crippen molar-refractivity contribution in [2.24, 2.45) is 0 Å². The van der Waals surface area contributed by atoms with Crippen molar-refractivity contribution in [2.45, 2.75) is 26.3 Å². The van der Waals surface area contributed by atoms with Crippen molar-refractivity contribution in [2.75, 3.05) is 19.5 Å². The van der Waals surface area contributed by atoms with Gasteiger partial charge in [0.15, 0.2) is 11.6 Å². The minimum absolute atomic E-state index is 0.270.